The standard InChI is InChI=1S/C13H14N2O4S/c1-2-8(6-12(16)17)14-13(18)9-7-10(19-15-9)11-4-3-5-20-11/h3-5,7-8H,2,6H2,1H3,(H,14,18)(H,16,17). The van der Waals surface area contributed by atoms with Gasteiger partial charge in [0.2, 0.25) is 0 Å². The fourth-order valence-electron chi connectivity index (χ4n) is 1.68. The number of nitrogens with zero attached hydrogens (tertiary/aromatic N) is 1. The van der Waals surface area contributed by atoms with Gasteiger partial charge in [-0.25, -0.2) is 0 Å². The van der Waals surface area contributed by atoms with Gasteiger partial charge in [-0.1, -0.05) is 18.1 Å². The van der Waals surface area contributed by atoms with Crippen LogP contribution in [0.2, 0.25) is 0 Å². The van der Waals surface area contributed by atoms with Crippen LogP contribution in [0.3, 0.4) is 0 Å². The third kappa shape index (κ3) is 3.45. The van der Waals surface area contributed by atoms with Crippen LogP contribution in [-0.2, 0) is 4.79 Å². The van der Waals surface area contributed by atoms with Gasteiger partial charge in [0.25, 0.3) is 5.91 Å². The molecule has 6 nitrogen and oxygen atoms in total. The van der Waals surface area contributed by atoms with Gasteiger partial charge in [-0.3, -0.25) is 9.59 Å². The van der Waals surface area contributed by atoms with Gasteiger partial charge in [0.1, 0.15) is 0 Å². The number of rotatable bonds is 6. The van der Waals surface area contributed by atoms with E-state index < -0.39 is 17.9 Å². The molecule has 1 unspecified atom stereocenters. The number of nitrogens with one attached hydrogen (secondary N) is 1. The number of hydrogen-bond acceptors (Lipinski definition) is 5. The largest absolute Gasteiger partial charge is 0.481 e. The minimum Gasteiger partial charge on any atom is -0.481 e. The quantitative estimate of drug-likeness (QED) is 0.853. The molecule has 1 atom stereocenters. The van der Waals surface area contributed by atoms with Crippen molar-refractivity contribution in [3.8, 4) is 10.6 Å². The minimum atomic E-state index is -0.948. The van der Waals surface area contributed by atoms with Crippen LogP contribution in [0, 0.1) is 0 Å². The van der Waals surface area contributed by atoms with Gasteiger partial charge in [-0.05, 0) is 17.9 Å². The summed E-state index contributed by atoms with van der Waals surface area (Å²) in [6.45, 7) is 1.81. The first-order valence-electron chi connectivity index (χ1n) is 6.13. The molecule has 0 spiro atoms. The van der Waals surface area contributed by atoms with Crippen molar-refractivity contribution in [1.82, 2.24) is 10.5 Å². The average molecular weight is 294 g/mol. The second-order valence-corrected chi connectivity index (χ2v) is 5.18. The van der Waals surface area contributed by atoms with Gasteiger partial charge < -0.3 is 14.9 Å². The van der Waals surface area contributed by atoms with Crippen molar-refractivity contribution in [1.29, 1.82) is 0 Å². The van der Waals surface area contributed by atoms with E-state index in [1.807, 2.05) is 24.4 Å². The second kappa shape index (κ2) is 6.33. The van der Waals surface area contributed by atoms with E-state index >= 15 is 0 Å². The van der Waals surface area contributed by atoms with E-state index in [2.05, 4.69) is 10.5 Å². The van der Waals surface area contributed by atoms with E-state index in [0.717, 1.165) is 4.88 Å². The Morgan fingerprint density at radius 2 is 2.35 bits per heavy atom. The third-order valence-electron chi connectivity index (χ3n) is 2.76. The maximum Gasteiger partial charge on any atom is 0.305 e. The summed E-state index contributed by atoms with van der Waals surface area (Å²) in [5.41, 5.74) is 0.150. The Hall–Kier alpha value is -2.15. The fourth-order valence-corrected chi connectivity index (χ4v) is 2.36. The highest BCUT2D eigenvalue weighted by Gasteiger charge is 2.18. The lowest BCUT2D eigenvalue weighted by atomic mass is 10.1. The maximum absolute atomic E-state index is 12.0. The van der Waals surface area contributed by atoms with Gasteiger partial charge in [-0.15, -0.1) is 11.3 Å². The summed E-state index contributed by atoms with van der Waals surface area (Å²) in [5.74, 6) is -0.849. The number of hydrogen-bond donors (Lipinski definition) is 2. The molecule has 0 radical (unpaired) electrons. The Morgan fingerprint density at radius 3 is 2.95 bits per heavy atom. The number of thiophene rings is 1. The summed E-state index contributed by atoms with van der Waals surface area (Å²) < 4.78 is 5.11. The number of carboxylic acid groups (broad SMARTS) is 1. The first-order valence-corrected chi connectivity index (χ1v) is 7.01. The van der Waals surface area contributed by atoms with Gasteiger partial charge in [-0.2, -0.15) is 0 Å². The van der Waals surface area contributed by atoms with Crippen molar-refractivity contribution in [2.75, 3.05) is 0 Å². The van der Waals surface area contributed by atoms with E-state index in [4.69, 9.17) is 9.63 Å². The van der Waals surface area contributed by atoms with Crippen molar-refractivity contribution in [2.45, 2.75) is 25.8 Å². The zero-order valence-electron chi connectivity index (χ0n) is 10.8. The highest BCUT2D eigenvalue weighted by atomic mass is 32.1. The highest BCUT2D eigenvalue weighted by molar-refractivity contribution is 7.13. The van der Waals surface area contributed by atoms with Crippen LogP contribution in [0.15, 0.2) is 28.1 Å². The van der Waals surface area contributed by atoms with Gasteiger partial charge in [0.05, 0.1) is 11.3 Å². The van der Waals surface area contributed by atoms with Gasteiger partial charge in [0.15, 0.2) is 11.5 Å². The molecule has 2 aromatic heterocycles. The number of aromatic nitrogens is 1. The lowest BCUT2D eigenvalue weighted by Crippen LogP contribution is -2.36. The van der Waals surface area contributed by atoms with Crippen LogP contribution in [0.25, 0.3) is 10.6 Å². The van der Waals surface area contributed by atoms with Crippen LogP contribution in [0.1, 0.15) is 30.3 Å². The molecule has 0 bridgehead atoms. The van der Waals surface area contributed by atoms with Crippen LogP contribution in [0.4, 0.5) is 0 Å². The van der Waals surface area contributed by atoms with E-state index in [0.29, 0.717) is 12.2 Å². The Bertz CT molecular complexity index is 591. The van der Waals surface area contributed by atoms with E-state index in [-0.39, 0.29) is 12.1 Å². The number of amides is 1. The fraction of sp³-hybridized carbons (Fsp3) is 0.308. The molecule has 0 saturated carbocycles. The summed E-state index contributed by atoms with van der Waals surface area (Å²) in [7, 11) is 0. The van der Waals surface area contributed by atoms with Crippen molar-refractivity contribution < 1.29 is 19.2 Å². The Balaban J connectivity index is 2.04. The molecule has 1 amide bonds. The molecular weight excluding hydrogens is 280 g/mol. The molecule has 0 aliphatic rings. The van der Waals surface area contributed by atoms with Crippen molar-refractivity contribution in [3.05, 3.63) is 29.3 Å². The smallest absolute Gasteiger partial charge is 0.305 e. The predicted octanol–water partition coefficient (Wildman–Crippen LogP) is 2.39. The number of carboxylic acids is 1. The average Bonchev–Trinajstić information content (AvgIpc) is 3.07. The summed E-state index contributed by atoms with van der Waals surface area (Å²) in [6.07, 6.45) is 0.422. The Kier molecular flexibility index (Phi) is 4.52. The molecule has 2 rings (SSSR count). The van der Waals surface area contributed by atoms with Crippen LogP contribution >= 0.6 is 11.3 Å². The first kappa shape index (κ1) is 14.3. The summed E-state index contributed by atoms with van der Waals surface area (Å²) in [4.78, 5) is 23.5. The number of carbonyl (C=O) groups is 2. The van der Waals surface area contributed by atoms with E-state index in [9.17, 15) is 9.59 Å². The number of aliphatic carboxylic acids is 1. The number of carbonyl (C=O) groups excluding carboxylic acids is 1. The van der Waals surface area contributed by atoms with Crippen LogP contribution in [0.5, 0.6) is 0 Å². The molecule has 0 aromatic carbocycles. The van der Waals surface area contributed by atoms with E-state index in [1.54, 1.807) is 6.07 Å². The van der Waals surface area contributed by atoms with Gasteiger partial charge >= 0.3 is 5.97 Å². The zero-order valence-corrected chi connectivity index (χ0v) is 11.6. The lowest BCUT2D eigenvalue weighted by Gasteiger charge is -2.13. The summed E-state index contributed by atoms with van der Waals surface area (Å²) in [5, 5.41) is 17.0. The second-order valence-electron chi connectivity index (χ2n) is 4.23. The normalized spacial score (nSPS) is 12.1. The SMILES string of the molecule is CCC(CC(=O)O)NC(=O)c1cc(-c2cccs2)on1. The third-order valence-corrected chi connectivity index (χ3v) is 3.64. The predicted molar refractivity (Wildman–Crippen MR) is 73.6 cm³/mol. The molecule has 0 fully saturated rings. The molecular formula is C13H14N2O4S. The Morgan fingerprint density at radius 1 is 1.55 bits per heavy atom. The van der Waals surface area contributed by atoms with Crippen molar-refractivity contribution >= 4 is 23.2 Å². The maximum atomic E-state index is 12.0. The molecule has 2 heterocycles. The lowest BCUT2D eigenvalue weighted by molar-refractivity contribution is -0.137. The molecule has 106 valence electrons. The van der Waals surface area contributed by atoms with Crippen LogP contribution in [-0.4, -0.2) is 28.2 Å². The Labute approximate surface area is 119 Å². The minimum absolute atomic E-state index is 0.113. The van der Waals surface area contributed by atoms with Crippen molar-refractivity contribution in [3.63, 3.8) is 0 Å². The first-order chi connectivity index (χ1) is 9.60. The summed E-state index contributed by atoms with van der Waals surface area (Å²) in [6, 6.07) is 4.88. The molecule has 2 aromatic rings. The zero-order chi connectivity index (χ0) is 14.5. The van der Waals surface area contributed by atoms with Gasteiger partial charge in [0, 0.05) is 12.1 Å². The molecule has 0 aliphatic heterocycles. The molecule has 7 heteroatoms. The topological polar surface area (TPSA) is 92.4 Å². The molecule has 0 aliphatic carbocycles. The highest BCUT2D eigenvalue weighted by Crippen LogP contribution is 2.25. The monoisotopic (exact) mass is 294 g/mol. The molecule has 0 saturated heterocycles. The summed E-state index contributed by atoms with van der Waals surface area (Å²) >= 11 is 1.48. The molecule has 2 N–H and O–H groups in total. The van der Waals surface area contributed by atoms with Crippen molar-refractivity contribution in [2.24, 2.45) is 0 Å². The molecule has 20 heavy (non-hydrogen) atoms. The van der Waals surface area contributed by atoms with Crippen LogP contribution < -0.4 is 5.32 Å². The van der Waals surface area contributed by atoms with E-state index in [1.165, 1.54) is 11.3 Å².